The summed E-state index contributed by atoms with van der Waals surface area (Å²) in [4.78, 5) is 0. The second-order valence-corrected chi connectivity index (χ2v) is 2.10. The average molecular weight is 141 g/mol. The van der Waals surface area contributed by atoms with Gasteiger partial charge >= 0.3 is 0 Å². The van der Waals surface area contributed by atoms with Crippen LogP contribution in [-0.4, -0.2) is 25.3 Å². The van der Waals surface area contributed by atoms with Gasteiger partial charge in [0, 0.05) is 13.1 Å². The van der Waals surface area contributed by atoms with E-state index in [4.69, 9.17) is 5.73 Å². The molecule has 0 aromatic heterocycles. The van der Waals surface area contributed by atoms with E-state index in [1.165, 1.54) is 0 Å². The third-order valence-electron chi connectivity index (χ3n) is 1.22. The molecule has 3 N–H and O–H groups in total. The van der Waals surface area contributed by atoms with E-state index in [0.29, 0.717) is 13.1 Å². The smallest absolute Gasteiger partial charge is 0.110 e. The number of halogens is 2. The van der Waals surface area contributed by atoms with Crippen molar-refractivity contribution in [1.29, 1.82) is 0 Å². The number of hydrogen-bond acceptors (Lipinski definition) is 2. The van der Waals surface area contributed by atoms with Crippen molar-refractivity contribution in [3.8, 4) is 0 Å². The van der Waals surface area contributed by atoms with Crippen molar-refractivity contribution in [2.45, 2.75) is 5.54 Å². The first-order valence-corrected chi connectivity index (χ1v) is 2.32. The molecule has 0 aliphatic carbocycles. The molecule has 1 aliphatic heterocycles. The van der Waals surface area contributed by atoms with Crippen LogP contribution in [0.15, 0.2) is 0 Å². The quantitative estimate of drug-likeness (QED) is 0.524. The Morgan fingerprint density at radius 1 is 1.62 bits per heavy atom. The lowest BCUT2D eigenvalue weighted by molar-refractivity contribution is 0.217. The van der Waals surface area contributed by atoms with Crippen molar-refractivity contribution in [3.05, 3.63) is 0 Å². The lowest BCUT2D eigenvalue weighted by atomic mass is 9.96. The first-order valence-electron chi connectivity index (χ1n) is 2.32. The third-order valence-corrected chi connectivity index (χ3v) is 1.22. The number of alkyl halides is 1. The predicted molar refractivity (Wildman–Crippen MR) is 33.0 cm³/mol. The third kappa shape index (κ3) is 1.31. The van der Waals surface area contributed by atoms with Crippen molar-refractivity contribution < 1.29 is 4.39 Å². The van der Waals surface area contributed by atoms with Crippen molar-refractivity contribution in [2.75, 3.05) is 19.8 Å². The molecule has 8 heavy (non-hydrogen) atoms. The second kappa shape index (κ2) is 2.62. The minimum atomic E-state index is -0.514. The van der Waals surface area contributed by atoms with E-state index in [9.17, 15) is 4.39 Å². The molecule has 50 valence electrons. The van der Waals surface area contributed by atoms with Gasteiger partial charge in [-0.2, -0.15) is 0 Å². The highest BCUT2D eigenvalue weighted by Crippen LogP contribution is 2.05. The van der Waals surface area contributed by atoms with Crippen LogP contribution in [0.2, 0.25) is 0 Å². The van der Waals surface area contributed by atoms with Crippen molar-refractivity contribution in [1.82, 2.24) is 5.32 Å². The van der Waals surface area contributed by atoms with E-state index in [-0.39, 0.29) is 12.4 Å². The average Bonchev–Trinajstić information content (AvgIpc) is 1.61. The fraction of sp³-hybridized carbons (Fsp3) is 1.00. The van der Waals surface area contributed by atoms with Gasteiger partial charge in [0.25, 0.3) is 0 Å². The summed E-state index contributed by atoms with van der Waals surface area (Å²) in [5.41, 5.74) is 4.85. The van der Waals surface area contributed by atoms with Gasteiger partial charge in [-0.05, 0) is 0 Å². The monoisotopic (exact) mass is 140 g/mol. The Kier molecular flexibility index (Phi) is 2.66. The maximum Gasteiger partial charge on any atom is 0.110 e. The molecular formula is C4H10ClFN2. The molecule has 0 unspecified atom stereocenters. The summed E-state index contributed by atoms with van der Waals surface area (Å²) in [7, 11) is 0. The predicted octanol–water partition coefficient (Wildman–Crippen LogP) is -0.322. The topological polar surface area (TPSA) is 38.0 Å². The molecule has 4 heteroatoms. The molecule has 0 aromatic carbocycles. The van der Waals surface area contributed by atoms with Crippen LogP contribution in [-0.2, 0) is 0 Å². The van der Waals surface area contributed by atoms with Gasteiger partial charge < -0.3 is 11.1 Å². The molecule has 2 nitrogen and oxygen atoms in total. The molecule has 0 amide bonds. The molecule has 0 aromatic rings. The van der Waals surface area contributed by atoms with Gasteiger partial charge in [-0.1, -0.05) is 0 Å². The van der Waals surface area contributed by atoms with Gasteiger partial charge in [-0.25, -0.2) is 4.39 Å². The van der Waals surface area contributed by atoms with E-state index in [2.05, 4.69) is 5.32 Å². The maximum atomic E-state index is 11.7. The van der Waals surface area contributed by atoms with Crippen LogP contribution in [0.1, 0.15) is 0 Å². The molecule has 0 saturated carbocycles. The van der Waals surface area contributed by atoms with Crippen molar-refractivity contribution in [2.24, 2.45) is 5.73 Å². The van der Waals surface area contributed by atoms with Gasteiger partial charge in [0.2, 0.25) is 0 Å². The molecule has 0 spiro atoms. The molecule has 1 fully saturated rings. The standard InChI is InChI=1S/C4H9FN2.ClH/c5-1-4(6)2-7-3-4;/h7H,1-3,6H2;1H. The highest BCUT2D eigenvalue weighted by atomic mass is 35.5. The van der Waals surface area contributed by atoms with Crippen molar-refractivity contribution in [3.63, 3.8) is 0 Å². The van der Waals surface area contributed by atoms with Crippen LogP contribution in [0, 0.1) is 0 Å². The van der Waals surface area contributed by atoms with E-state index >= 15 is 0 Å². The molecule has 1 rings (SSSR count). The first-order chi connectivity index (χ1) is 3.27. The fourth-order valence-electron chi connectivity index (χ4n) is 0.541. The number of rotatable bonds is 1. The zero-order valence-electron chi connectivity index (χ0n) is 4.48. The minimum Gasteiger partial charge on any atom is -0.321 e. The first kappa shape index (κ1) is 8.14. The highest BCUT2D eigenvalue weighted by Gasteiger charge is 2.31. The molecule has 1 aliphatic rings. The summed E-state index contributed by atoms with van der Waals surface area (Å²) >= 11 is 0. The van der Waals surface area contributed by atoms with Gasteiger partial charge in [0.05, 0.1) is 5.54 Å². The van der Waals surface area contributed by atoms with Gasteiger partial charge in [0.15, 0.2) is 0 Å². The molecule has 0 bridgehead atoms. The van der Waals surface area contributed by atoms with E-state index in [1.54, 1.807) is 0 Å². The lowest BCUT2D eigenvalue weighted by Gasteiger charge is -2.36. The highest BCUT2D eigenvalue weighted by molar-refractivity contribution is 5.85. The van der Waals surface area contributed by atoms with E-state index in [0.717, 1.165) is 0 Å². The Balaban J connectivity index is 0.000000490. The Hall–Kier alpha value is 0.140. The molecule has 0 radical (unpaired) electrons. The van der Waals surface area contributed by atoms with Crippen LogP contribution < -0.4 is 11.1 Å². The summed E-state index contributed by atoms with van der Waals surface area (Å²) in [6.07, 6.45) is 0. The Bertz CT molecular complexity index is 68.9. The fourth-order valence-corrected chi connectivity index (χ4v) is 0.541. The Morgan fingerprint density at radius 2 is 2.12 bits per heavy atom. The summed E-state index contributed by atoms with van der Waals surface area (Å²) in [5.74, 6) is 0. The SMILES string of the molecule is Cl.NC1(CF)CNC1. The number of nitrogens with one attached hydrogen (secondary N) is 1. The summed E-state index contributed by atoms with van der Waals surface area (Å²) in [5, 5.41) is 2.89. The van der Waals surface area contributed by atoms with Gasteiger partial charge in [0.1, 0.15) is 6.67 Å². The zero-order chi connectivity index (χ0) is 5.33. The van der Waals surface area contributed by atoms with E-state index < -0.39 is 12.2 Å². The largest absolute Gasteiger partial charge is 0.321 e. The molecule has 1 heterocycles. The summed E-state index contributed by atoms with van der Waals surface area (Å²) in [6.45, 7) is 0.854. The molecule has 1 saturated heterocycles. The lowest BCUT2D eigenvalue weighted by Crippen LogP contribution is -2.67. The van der Waals surface area contributed by atoms with Gasteiger partial charge in [-0.3, -0.25) is 0 Å². The minimum absolute atomic E-state index is 0. The van der Waals surface area contributed by atoms with Gasteiger partial charge in [-0.15, -0.1) is 12.4 Å². The Labute approximate surface area is 54.0 Å². The number of nitrogens with two attached hydrogens (primary N) is 1. The van der Waals surface area contributed by atoms with Crippen LogP contribution >= 0.6 is 12.4 Å². The molecular weight excluding hydrogens is 131 g/mol. The van der Waals surface area contributed by atoms with Crippen LogP contribution in [0.4, 0.5) is 4.39 Å². The van der Waals surface area contributed by atoms with Crippen molar-refractivity contribution >= 4 is 12.4 Å². The Morgan fingerprint density at radius 3 is 2.12 bits per heavy atom. The normalized spacial score (nSPS) is 23.2. The van der Waals surface area contributed by atoms with Crippen LogP contribution in [0.3, 0.4) is 0 Å². The molecule has 0 atom stereocenters. The maximum absolute atomic E-state index is 11.7. The number of hydrogen-bond donors (Lipinski definition) is 2. The zero-order valence-corrected chi connectivity index (χ0v) is 5.30. The van der Waals surface area contributed by atoms with Crippen LogP contribution in [0.5, 0.6) is 0 Å². The summed E-state index contributed by atoms with van der Waals surface area (Å²) < 4.78 is 11.7. The second-order valence-electron chi connectivity index (χ2n) is 2.10. The van der Waals surface area contributed by atoms with E-state index in [1.807, 2.05) is 0 Å². The summed E-state index contributed by atoms with van der Waals surface area (Å²) in [6, 6.07) is 0. The van der Waals surface area contributed by atoms with Crippen LogP contribution in [0.25, 0.3) is 0 Å².